The van der Waals surface area contributed by atoms with Crippen molar-refractivity contribution in [2.45, 2.75) is 65.1 Å². The van der Waals surface area contributed by atoms with Gasteiger partial charge in [-0.05, 0) is 65.5 Å². The molecule has 2 atom stereocenters. The summed E-state index contributed by atoms with van der Waals surface area (Å²) in [5, 5.41) is 6.57. The Morgan fingerprint density at radius 3 is 2.59 bits per heavy atom. The molecule has 1 aromatic heterocycles. The third kappa shape index (κ3) is 5.61. The number of rotatable bonds is 6. The number of carbonyl (C=O) groups excluding carboxylic acids is 1. The standard InChI is InChI=1S/C17H28N2O2S/c1-11-6-9-15(22-11)12(2)19-14(13-7-8-13)10-18-16(20)21-17(3,4)5/h6,9,12-14,19H,7-8,10H2,1-5H3,(H,18,20). The number of carbonyl (C=O) groups is 1. The second-order valence-corrected chi connectivity index (χ2v) is 8.48. The predicted octanol–water partition coefficient (Wildman–Crippen LogP) is 4.01. The Morgan fingerprint density at radius 1 is 1.41 bits per heavy atom. The van der Waals surface area contributed by atoms with Crippen molar-refractivity contribution < 1.29 is 9.53 Å². The van der Waals surface area contributed by atoms with Crippen molar-refractivity contribution in [2.75, 3.05) is 6.54 Å². The summed E-state index contributed by atoms with van der Waals surface area (Å²) in [5.74, 6) is 0.665. The number of hydrogen-bond donors (Lipinski definition) is 2. The molecule has 0 aromatic carbocycles. The van der Waals surface area contributed by atoms with E-state index in [4.69, 9.17) is 4.74 Å². The van der Waals surface area contributed by atoms with Gasteiger partial charge in [0.1, 0.15) is 5.60 Å². The zero-order chi connectivity index (χ0) is 16.3. The Morgan fingerprint density at radius 2 is 2.09 bits per heavy atom. The summed E-state index contributed by atoms with van der Waals surface area (Å²) in [5.41, 5.74) is -0.450. The van der Waals surface area contributed by atoms with E-state index in [1.54, 1.807) is 0 Å². The van der Waals surface area contributed by atoms with Gasteiger partial charge >= 0.3 is 6.09 Å². The summed E-state index contributed by atoms with van der Waals surface area (Å²) in [4.78, 5) is 14.5. The number of alkyl carbamates (subject to hydrolysis) is 1. The molecule has 5 heteroatoms. The zero-order valence-corrected chi connectivity index (χ0v) is 15.0. The molecular formula is C17H28N2O2S. The summed E-state index contributed by atoms with van der Waals surface area (Å²) in [7, 11) is 0. The molecule has 2 unspecified atom stereocenters. The van der Waals surface area contributed by atoms with E-state index in [2.05, 4.69) is 36.6 Å². The fraction of sp³-hybridized carbons (Fsp3) is 0.706. The van der Waals surface area contributed by atoms with E-state index >= 15 is 0 Å². The van der Waals surface area contributed by atoms with Gasteiger partial charge in [0.2, 0.25) is 0 Å². The van der Waals surface area contributed by atoms with Crippen LogP contribution in [-0.4, -0.2) is 24.3 Å². The van der Waals surface area contributed by atoms with Gasteiger partial charge in [-0.3, -0.25) is 0 Å². The monoisotopic (exact) mass is 324 g/mol. The van der Waals surface area contributed by atoms with Gasteiger partial charge in [0.15, 0.2) is 0 Å². The summed E-state index contributed by atoms with van der Waals surface area (Å²) >= 11 is 1.83. The molecule has 2 rings (SSSR count). The average molecular weight is 324 g/mol. The maximum absolute atomic E-state index is 11.8. The van der Waals surface area contributed by atoms with Crippen LogP contribution in [0.2, 0.25) is 0 Å². The largest absolute Gasteiger partial charge is 0.444 e. The van der Waals surface area contributed by atoms with Crippen LogP contribution in [0.3, 0.4) is 0 Å². The molecule has 0 bridgehead atoms. The fourth-order valence-corrected chi connectivity index (χ4v) is 3.35. The Bertz CT molecular complexity index is 503. The van der Waals surface area contributed by atoms with Crippen LogP contribution in [0, 0.1) is 12.8 Å². The topological polar surface area (TPSA) is 50.4 Å². The molecule has 124 valence electrons. The molecule has 1 amide bonds. The number of amides is 1. The van der Waals surface area contributed by atoms with E-state index < -0.39 is 5.60 Å². The lowest BCUT2D eigenvalue weighted by Gasteiger charge is -2.25. The van der Waals surface area contributed by atoms with Crippen LogP contribution < -0.4 is 10.6 Å². The third-order valence-corrected chi connectivity index (χ3v) is 4.89. The number of ether oxygens (including phenoxy) is 1. The molecule has 0 spiro atoms. The lowest BCUT2D eigenvalue weighted by Crippen LogP contribution is -2.44. The zero-order valence-electron chi connectivity index (χ0n) is 14.2. The SMILES string of the molecule is Cc1ccc(C(C)NC(CNC(=O)OC(C)(C)C)C2CC2)s1. The van der Waals surface area contributed by atoms with Crippen molar-refractivity contribution >= 4 is 17.4 Å². The minimum absolute atomic E-state index is 0.310. The molecule has 0 saturated heterocycles. The van der Waals surface area contributed by atoms with Crippen LogP contribution in [0.1, 0.15) is 56.3 Å². The highest BCUT2D eigenvalue weighted by molar-refractivity contribution is 7.12. The van der Waals surface area contributed by atoms with Gasteiger partial charge in [0.25, 0.3) is 0 Å². The summed E-state index contributed by atoms with van der Waals surface area (Å²) < 4.78 is 5.31. The first kappa shape index (κ1) is 17.3. The van der Waals surface area contributed by atoms with Gasteiger partial charge in [-0.15, -0.1) is 11.3 Å². The molecule has 2 N–H and O–H groups in total. The lowest BCUT2D eigenvalue weighted by atomic mass is 10.1. The first-order valence-corrected chi connectivity index (χ1v) is 8.85. The molecule has 0 aliphatic heterocycles. The van der Waals surface area contributed by atoms with Crippen molar-refractivity contribution in [3.8, 4) is 0 Å². The predicted molar refractivity (Wildman–Crippen MR) is 91.4 cm³/mol. The maximum atomic E-state index is 11.8. The van der Waals surface area contributed by atoms with Crippen molar-refractivity contribution in [2.24, 2.45) is 5.92 Å². The normalized spacial score (nSPS) is 17.9. The summed E-state index contributed by atoms with van der Waals surface area (Å²) in [6.45, 7) is 10.6. The maximum Gasteiger partial charge on any atom is 0.407 e. The number of aryl methyl sites for hydroxylation is 1. The van der Waals surface area contributed by atoms with Crippen LogP contribution >= 0.6 is 11.3 Å². The van der Waals surface area contributed by atoms with Gasteiger partial charge in [0, 0.05) is 28.4 Å². The molecule has 1 heterocycles. The molecule has 4 nitrogen and oxygen atoms in total. The van der Waals surface area contributed by atoms with Crippen LogP contribution in [0.5, 0.6) is 0 Å². The van der Waals surface area contributed by atoms with Crippen molar-refractivity contribution in [1.29, 1.82) is 0 Å². The van der Waals surface area contributed by atoms with Crippen molar-refractivity contribution in [3.63, 3.8) is 0 Å². The van der Waals surface area contributed by atoms with E-state index in [1.807, 2.05) is 32.1 Å². The Kier molecular flexibility index (Phi) is 5.50. The van der Waals surface area contributed by atoms with E-state index in [1.165, 1.54) is 22.6 Å². The molecule has 1 fully saturated rings. The molecule has 1 saturated carbocycles. The number of hydrogen-bond acceptors (Lipinski definition) is 4. The first-order chi connectivity index (χ1) is 10.2. The van der Waals surface area contributed by atoms with Gasteiger partial charge in [-0.1, -0.05) is 0 Å². The van der Waals surface area contributed by atoms with Crippen LogP contribution in [0.15, 0.2) is 12.1 Å². The quantitative estimate of drug-likeness (QED) is 0.831. The first-order valence-electron chi connectivity index (χ1n) is 8.04. The lowest BCUT2D eigenvalue weighted by molar-refractivity contribution is 0.0520. The molecule has 1 aromatic rings. The van der Waals surface area contributed by atoms with E-state index in [9.17, 15) is 4.79 Å². The molecular weight excluding hydrogens is 296 g/mol. The second-order valence-electron chi connectivity index (χ2n) is 7.16. The van der Waals surface area contributed by atoms with Crippen LogP contribution in [0.4, 0.5) is 4.79 Å². The van der Waals surface area contributed by atoms with Crippen molar-refractivity contribution in [3.05, 3.63) is 21.9 Å². The summed E-state index contributed by atoms with van der Waals surface area (Å²) in [6.07, 6.45) is 2.15. The highest BCUT2D eigenvalue weighted by Gasteiger charge is 2.32. The molecule has 1 aliphatic rings. The molecule has 0 radical (unpaired) electrons. The van der Waals surface area contributed by atoms with Crippen LogP contribution in [-0.2, 0) is 4.74 Å². The highest BCUT2D eigenvalue weighted by Crippen LogP contribution is 2.34. The third-order valence-electron chi connectivity index (χ3n) is 3.71. The number of thiophene rings is 1. The smallest absolute Gasteiger partial charge is 0.407 e. The van der Waals surface area contributed by atoms with Gasteiger partial charge in [-0.2, -0.15) is 0 Å². The van der Waals surface area contributed by atoms with E-state index in [0.717, 1.165) is 0 Å². The fourth-order valence-electron chi connectivity index (χ4n) is 2.46. The molecule has 1 aliphatic carbocycles. The Hall–Kier alpha value is -1.07. The van der Waals surface area contributed by atoms with Gasteiger partial charge in [0.05, 0.1) is 0 Å². The van der Waals surface area contributed by atoms with E-state index in [-0.39, 0.29) is 6.09 Å². The van der Waals surface area contributed by atoms with E-state index in [0.29, 0.717) is 24.5 Å². The highest BCUT2D eigenvalue weighted by atomic mass is 32.1. The Balaban J connectivity index is 1.84. The summed E-state index contributed by atoms with van der Waals surface area (Å²) in [6, 6.07) is 4.96. The number of nitrogens with one attached hydrogen (secondary N) is 2. The Labute approximate surface area is 137 Å². The minimum Gasteiger partial charge on any atom is -0.444 e. The second kappa shape index (κ2) is 7.01. The van der Waals surface area contributed by atoms with Gasteiger partial charge in [-0.25, -0.2) is 4.79 Å². The van der Waals surface area contributed by atoms with Gasteiger partial charge < -0.3 is 15.4 Å². The minimum atomic E-state index is -0.450. The average Bonchev–Trinajstić information content (AvgIpc) is 3.14. The van der Waals surface area contributed by atoms with Crippen LogP contribution in [0.25, 0.3) is 0 Å². The van der Waals surface area contributed by atoms with Crippen molar-refractivity contribution in [1.82, 2.24) is 10.6 Å². The molecule has 22 heavy (non-hydrogen) atoms.